The summed E-state index contributed by atoms with van der Waals surface area (Å²) < 4.78 is 20.2. The molecule has 0 radical (unpaired) electrons. The van der Waals surface area contributed by atoms with E-state index in [0.29, 0.717) is 11.5 Å². The van der Waals surface area contributed by atoms with Gasteiger partial charge in [0.05, 0.1) is 18.8 Å². The molecule has 108 valence electrons. The number of halogens is 1. The normalized spacial score (nSPS) is 12.4. The van der Waals surface area contributed by atoms with Gasteiger partial charge >= 0.3 is 0 Å². The average molecular weight is 279 g/mol. The summed E-state index contributed by atoms with van der Waals surface area (Å²) in [5.74, 6) is 0.393. The SMILES string of the molecule is CCCNC(C)c1nnnn1-c1ccc(OC)c(F)c1. The lowest BCUT2D eigenvalue weighted by Crippen LogP contribution is -2.22. The second kappa shape index (κ2) is 6.42. The minimum atomic E-state index is -0.444. The molecule has 1 aromatic carbocycles. The minimum Gasteiger partial charge on any atom is -0.494 e. The van der Waals surface area contributed by atoms with E-state index < -0.39 is 5.82 Å². The molecule has 1 heterocycles. The van der Waals surface area contributed by atoms with Gasteiger partial charge < -0.3 is 10.1 Å². The van der Waals surface area contributed by atoms with Crippen molar-refractivity contribution in [3.8, 4) is 11.4 Å². The Morgan fingerprint density at radius 2 is 2.25 bits per heavy atom. The molecule has 0 aliphatic rings. The maximum absolute atomic E-state index is 13.8. The van der Waals surface area contributed by atoms with E-state index in [0.717, 1.165) is 13.0 Å². The van der Waals surface area contributed by atoms with Gasteiger partial charge in [0, 0.05) is 6.07 Å². The van der Waals surface area contributed by atoms with E-state index in [1.807, 2.05) is 6.92 Å². The number of aromatic nitrogens is 4. The van der Waals surface area contributed by atoms with Crippen LogP contribution in [0.25, 0.3) is 5.69 Å². The molecule has 1 N–H and O–H groups in total. The highest BCUT2D eigenvalue weighted by Crippen LogP contribution is 2.21. The number of methoxy groups -OCH3 is 1. The van der Waals surface area contributed by atoms with Crippen LogP contribution < -0.4 is 10.1 Å². The lowest BCUT2D eigenvalue weighted by molar-refractivity contribution is 0.386. The highest BCUT2D eigenvalue weighted by molar-refractivity contribution is 5.38. The van der Waals surface area contributed by atoms with Crippen molar-refractivity contribution in [1.82, 2.24) is 25.5 Å². The molecule has 2 aromatic rings. The molecule has 6 nitrogen and oxygen atoms in total. The number of tetrazole rings is 1. The summed E-state index contributed by atoms with van der Waals surface area (Å²) in [5.41, 5.74) is 0.563. The molecular formula is C13H18FN5O. The predicted molar refractivity (Wildman–Crippen MR) is 72.4 cm³/mol. The van der Waals surface area contributed by atoms with E-state index in [-0.39, 0.29) is 11.8 Å². The molecule has 2 rings (SSSR count). The van der Waals surface area contributed by atoms with Gasteiger partial charge in [0.1, 0.15) is 0 Å². The first-order valence-corrected chi connectivity index (χ1v) is 6.53. The zero-order valence-corrected chi connectivity index (χ0v) is 11.8. The van der Waals surface area contributed by atoms with Crippen LogP contribution >= 0.6 is 0 Å². The quantitative estimate of drug-likeness (QED) is 0.874. The molecule has 0 saturated carbocycles. The Kier molecular flexibility index (Phi) is 4.62. The van der Waals surface area contributed by atoms with Crippen LogP contribution in [0.3, 0.4) is 0 Å². The maximum atomic E-state index is 13.8. The summed E-state index contributed by atoms with van der Waals surface area (Å²) in [4.78, 5) is 0. The fourth-order valence-electron chi connectivity index (χ4n) is 1.89. The number of nitrogens with one attached hydrogen (secondary N) is 1. The van der Waals surface area contributed by atoms with Gasteiger partial charge in [0.2, 0.25) is 0 Å². The van der Waals surface area contributed by atoms with Crippen molar-refractivity contribution in [2.75, 3.05) is 13.7 Å². The van der Waals surface area contributed by atoms with Gasteiger partial charge in [-0.05, 0) is 42.4 Å². The molecule has 0 fully saturated rings. The smallest absolute Gasteiger partial charge is 0.173 e. The summed E-state index contributed by atoms with van der Waals surface area (Å²) in [7, 11) is 1.43. The predicted octanol–water partition coefficient (Wildman–Crippen LogP) is 1.87. The molecule has 0 bridgehead atoms. The van der Waals surface area contributed by atoms with Crippen LogP contribution in [-0.2, 0) is 0 Å². The fourth-order valence-corrected chi connectivity index (χ4v) is 1.89. The van der Waals surface area contributed by atoms with Crippen LogP contribution in [0.4, 0.5) is 4.39 Å². The first-order chi connectivity index (χ1) is 9.67. The average Bonchev–Trinajstić information content (AvgIpc) is 2.94. The molecule has 1 aromatic heterocycles. The lowest BCUT2D eigenvalue weighted by atomic mass is 10.2. The van der Waals surface area contributed by atoms with E-state index in [1.165, 1.54) is 17.9 Å². The Labute approximate surface area is 116 Å². The number of rotatable bonds is 6. The second-order valence-corrected chi connectivity index (χ2v) is 4.44. The lowest BCUT2D eigenvalue weighted by Gasteiger charge is -2.13. The van der Waals surface area contributed by atoms with Crippen LogP contribution in [-0.4, -0.2) is 33.9 Å². The van der Waals surface area contributed by atoms with E-state index in [9.17, 15) is 4.39 Å². The maximum Gasteiger partial charge on any atom is 0.173 e. The highest BCUT2D eigenvalue weighted by atomic mass is 19.1. The van der Waals surface area contributed by atoms with Crippen LogP contribution in [0.2, 0.25) is 0 Å². The van der Waals surface area contributed by atoms with E-state index in [4.69, 9.17) is 4.74 Å². The van der Waals surface area contributed by atoms with Crippen molar-refractivity contribution < 1.29 is 9.13 Å². The van der Waals surface area contributed by atoms with Gasteiger partial charge in [-0.25, -0.2) is 4.39 Å². The summed E-state index contributed by atoms with van der Waals surface area (Å²) >= 11 is 0. The van der Waals surface area contributed by atoms with Gasteiger partial charge in [-0.3, -0.25) is 0 Å². The third-order valence-electron chi connectivity index (χ3n) is 2.96. The van der Waals surface area contributed by atoms with Gasteiger partial charge in [0.25, 0.3) is 0 Å². The van der Waals surface area contributed by atoms with Crippen LogP contribution in [0.5, 0.6) is 5.75 Å². The third kappa shape index (κ3) is 2.93. The number of benzene rings is 1. The monoisotopic (exact) mass is 279 g/mol. The van der Waals surface area contributed by atoms with E-state index in [1.54, 1.807) is 12.1 Å². The zero-order chi connectivity index (χ0) is 14.5. The minimum absolute atomic E-state index is 0.0184. The number of nitrogens with zero attached hydrogens (tertiary/aromatic N) is 4. The summed E-state index contributed by atoms with van der Waals surface area (Å²) in [6.07, 6.45) is 1.02. The summed E-state index contributed by atoms with van der Waals surface area (Å²) in [5, 5.41) is 14.9. The second-order valence-electron chi connectivity index (χ2n) is 4.44. The van der Waals surface area contributed by atoms with Crippen molar-refractivity contribution in [3.63, 3.8) is 0 Å². The van der Waals surface area contributed by atoms with Gasteiger partial charge in [0.15, 0.2) is 17.4 Å². The number of ether oxygens (including phenoxy) is 1. The first kappa shape index (κ1) is 14.4. The van der Waals surface area contributed by atoms with Crippen LogP contribution in [0, 0.1) is 5.82 Å². The Hall–Kier alpha value is -2.02. The zero-order valence-electron chi connectivity index (χ0n) is 11.8. The number of hydrogen-bond acceptors (Lipinski definition) is 5. The van der Waals surface area contributed by atoms with Crippen molar-refractivity contribution in [3.05, 3.63) is 29.8 Å². The van der Waals surface area contributed by atoms with Crippen molar-refractivity contribution in [2.24, 2.45) is 0 Å². The third-order valence-corrected chi connectivity index (χ3v) is 2.96. The van der Waals surface area contributed by atoms with Crippen LogP contribution in [0.15, 0.2) is 18.2 Å². The van der Waals surface area contributed by atoms with Gasteiger partial charge in [-0.15, -0.1) is 5.10 Å². The highest BCUT2D eigenvalue weighted by Gasteiger charge is 2.16. The standard InChI is InChI=1S/C13H18FN5O/c1-4-7-15-9(2)13-16-17-18-19(13)10-5-6-12(20-3)11(14)8-10/h5-6,8-9,15H,4,7H2,1-3H3. The summed E-state index contributed by atoms with van der Waals surface area (Å²) in [6, 6.07) is 4.61. The first-order valence-electron chi connectivity index (χ1n) is 6.53. The Balaban J connectivity index is 2.29. The van der Waals surface area contributed by atoms with Crippen molar-refractivity contribution in [2.45, 2.75) is 26.3 Å². The summed E-state index contributed by atoms with van der Waals surface area (Å²) in [6.45, 7) is 4.92. The molecule has 0 spiro atoms. The molecule has 20 heavy (non-hydrogen) atoms. The van der Waals surface area contributed by atoms with Crippen molar-refractivity contribution in [1.29, 1.82) is 0 Å². The van der Waals surface area contributed by atoms with Crippen LogP contribution in [0.1, 0.15) is 32.1 Å². The molecular weight excluding hydrogens is 261 g/mol. The largest absolute Gasteiger partial charge is 0.494 e. The van der Waals surface area contributed by atoms with E-state index in [2.05, 4.69) is 27.8 Å². The van der Waals surface area contributed by atoms with Gasteiger partial charge in [-0.1, -0.05) is 6.92 Å². The molecule has 1 unspecified atom stereocenters. The molecule has 0 aliphatic heterocycles. The molecule has 1 atom stereocenters. The Morgan fingerprint density at radius 1 is 1.45 bits per heavy atom. The van der Waals surface area contributed by atoms with Gasteiger partial charge in [-0.2, -0.15) is 4.68 Å². The molecule has 0 amide bonds. The molecule has 7 heteroatoms. The molecule has 0 saturated heterocycles. The van der Waals surface area contributed by atoms with E-state index >= 15 is 0 Å². The Bertz CT molecular complexity index is 572. The fraction of sp³-hybridized carbons (Fsp3) is 0.462. The van der Waals surface area contributed by atoms with Crippen molar-refractivity contribution >= 4 is 0 Å². The Morgan fingerprint density at radius 3 is 2.90 bits per heavy atom. The molecule has 0 aliphatic carbocycles. The number of hydrogen-bond donors (Lipinski definition) is 1. The topological polar surface area (TPSA) is 64.9 Å².